The molecule has 0 spiro atoms. The molecule has 2 saturated carbocycles. The Morgan fingerprint density at radius 2 is 1.83 bits per heavy atom. The van der Waals surface area contributed by atoms with E-state index in [1.54, 1.807) is 0 Å². The van der Waals surface area contributed by atoms with Gasteiger partial charge < -0.3 is 15.7 Å². The third-order valence-electron chi connectivity index (χ3n) is 4.03. The summed E-state index contributed by atoms with van der Waals surface area (Å²) in [6.07, 6.45) is 6.54. The number of hydrogen-bond acceptors (Lipinski definition) is 3. The Balaban J connectivity index is 1.92. The minimum Gasteiger partial charge on any atom is -0.480 e. The van der Waals surface area contributed by atoms with Crippen molar-refractivity contribution in [1.82, 2.24) is 4.90 Å². The van der Waals surface area contributed by atoms with Crippen LogP contribution in [0.3, 0.4) is 0 Å². The lowest BCUT2D eigenvalue weighted by Crippen LogP contribution is -2.44. The van der Waals surface area contributed by atoms with E-state index in [0.29, 0.717) is 12.3 Å². The third kappa shape index (κ3) is 3.45. The van der Waals surface area contributed by atoms with Gasteiger partial charge in [0.05, 0.1) is 0 Å². The number of carbonyl (C=O) groups is 2. The van der Waals surface area contributed by atoms with Crippen molar-refractivity contribution < 1.29 is 14.7 Å². The summed E-state index contributed by atoms with van der Waals surface area (Å²) in [5, 5.41) is 8.92. The summed E-state index contributed by atoms with van der Waals surface area (Å²) in [5.74, 6) is -0.539. The Morgan fingerprint density at radius 3 is 2.33 bits per heavy atom. The predicted octanol–water partition coefficient (Wildman–Crippen LogP) is 0.970. The molecule has 2 aliphatic rings. The molecule has 5 heteroatoms. The molecule has 3 N–H and O–H groups in total. The summed E-state index contributed by atoms with van der Waals surface area (Å²) in [6.45, 7) is -0.180. The van der Waals surface area contributed by atoms with E-state index in [1.165, 1.54) is 4.90 Å². The number of carbonyl (C=O) groups excluding carboxylic acids is 1. The molecule has 2 rings (SSSR count). The molecule has 0 saturated heterocycles. The highest BCUT2D eigenvalue weighted by atomic mass is 16.4. The molecule has 0 aromatic heterocycles. The largest absolute Gasteiger partial charge is 0.480 e. The SMILES string of the molecule is NC(CC(=O)N(CC(=O)O)C1CCCC1)C1CC1. The van der Waals surface area contributed by atoms with Gasteiger partial charge in [0, 0.05) is 18.5 Å². The maximum atomic E-state index is 12.2. The zero-order valence-corrected chi connectivity index (χ0v) is 10.7. The molecular formula is C13H22N2O3. The van der Waals surface area contributed by atoms with Crippen LogP contribution in [0.25, 0.3) is 0 Å². The average Bonchev–Trinajstić information content (AvgIpc) is 3.02. The van der Waals surface area contributed by atoms with E-state index in [0.717, 1.165) is 38.5 Å². The summed E-state index contributed by atoms with van der Waals surface area (Å²) in [7, 11) is 0. The fourth-order valence-electron chi connectivity index (χ4n) is 2.79. The van der Waals surface area contributed by atoms with Crippen LogP contribution in [0.15, 0.2) is 0 Å². The van der Waals surface area contributed by atoms with Crippen LogP contribution in [0.4, 0.5) is 0 Å². The topological polar surface area (TPSA) is 83.6 Å². The Bertz CT molecular complexity index is 322. The van der Waals surface area contributed by atoms with E-state index in [1.807, 2.05) is 0 Å². The number of nitrogens with zero attached hydrogens (tertiary/aromatic N) is 1. The molecule has 2 aliphatic carbocycles. The van der Waals surface area contributed by atoms with E-state index in [9.17, 15) is 9.59 Å². The summed E-state index contributed by atoms with van der Waals surface area (Å²) in [6, 6.07) is 0.0233. The Kier molecular flexibility index (Phi) is 4.22. The zero-order valence-electron chi connectivity index (χ0n) is 10.7. The minimum absolute atomic E-state index is 0.0799. The van der Waals surface area contributed by atoms with Crippen molar-refractivity contribution in [2.45, 2.75) is 57.0 Å². The predicted molar refractivity (Wildman–Crippen MR) is 66.9 cm³/mol. The van der Waals surface area contributed by atoms with Gasteiger partial charge in [-0.25, -0.2) is 0 Å². The summed E-state index contributed by atoms with van der Waals surface area (Å²) in [4.78, 5) is 24.6. The molecule has 102 valence electrons. The van der Waals surface area contributed by atoms with Crippen LogP contribution in [0.2, 0.25) is 0 Å². The van der Waals surface area contributed by atoms with E-state index in [2.05, 4.69) is 0 Å². The van der Waals surface area contributed by atoms with Gasteiger partial charge in [0.2, 0.25) is 5.91 Å². The first-order chi connectivity index (χ1) is 8.58. The summed E-state index contributed by atoms with van der Waals surface area (Å²) in [5.41, 5.74) is 5.95. The molecular weight excluding hydrogens is 232 g/mol. The number of amides is 1. The molecule has 0 heterocycles. The first-order valence-electron chi connectivity index (χ1n) is 6.84. The average molecular weight is 254 g/mol. The third-order valence-corrected chi connectivity index (χ3v) is 4.03. The van der Waals surface area contributed by atoms with E-state index in [4.69, 9.17) is 10.8 Å². The highest BCUT2D eigenvalue weighted by molar-refractivity contribution is 5.82. The standard InChI is InChI=1S/C13H22N2O3/c14-11(9-5-6-9)7-12(16)15(8-13(17)18)10-3-1-2-4-10/h9-11H,1-8,14H2,(H,17,18). The minimum atomic E-state index is -0.935. The highest BCUT2D eigenvalue weighted by Gasteiger charge is 2.33. The fourth-order valence-corrected chi connectivity index (χ4v) is 2.79. The monoisotopic (exact) mass is 254 g/mol. The number of carboxylic acid groups (broad SMARTS) is 1. The summed E-state index contributed by atoms with van der Waals surface area (Å²) < 4.78 is 0. The van der Waals surface area contributed by atoms with Gasteiger partial charge >= 0.3 is 5.97 Å². The van der Waals surface area contributed by atoms with Crippen molar-refractivity contribution in [2.75, 3.05) is 6.54 Å². The second-order valence-electron chi connectivity index (χ2n) is 5.56. The normalized spacial score (nSPS) is 21.8. The van der Waals surface area contributed by atoms with Crippen LogP contribution in [-0.4, -0.2) is 40.5 Å². The van der Waals surface area contributed by atoms with Crippen molar-refractivity contribution >= 4 is 11.9 Å². The molecule has 5 nitrogen and oxygen atoms in total. The van der Waals surface area contributed by atoms with E-state index >= 15 is 0 Å². The molecule has 1 unspecified atom stereocenters. The highest BCUT2D eigenvalue weighted by Crippen LogP contribution is 2.33. The second-order valence-corrected chi connectivity index (χ2v) is 5.56. The van der Waals surface area contributed by atoms with Gasteiger partial charge in [0.1, 0.15) is 6.54 Å². The van der Waals surface area contributed by atoms with Crippen molar-refractivity contribution in [1.29, 1.82) is 0 Å². The molecule has 0 aromatic carbocycles. The van der Waals surface area contributed by atoms with Gasteiger partial charge in [-0.2, -0.15) is 0 Å². The molecule has 0 aliphatic heterocycles. The first kappa shape index (κ1) is 13.3. The number of rotatable bonds is 6. The smallest absolute Gasteiger partial charge is 0.323 e. The molecule has 0 radical (unpaired) electrons. The van der Waals surface area contributed by atoms with Crippen LogP contribution < -0.4 is 5.73 Å². The zero-order chi connectivity index (χ0) is 13.1. The van der Waals surface area contributed by atoms with Crippen LogP contribution in [0, 0.1) is 5.92 Å². The van der Waals surface area contributed by atoms with E-state index < -0.39 is 5.97 Å². The van der Waals surface area contributed by atoms with Gasteiger partial charge in [0.25, 0.3) is 0 Å². The number of nitrogens with two attached hydrogens (primary N) is 1. The van der Waals surface area contributed by atoms with Crippen LogP contribution >= 0.6 is 0 Å². The lowest BCUT2D eigenvalue weighted by Gasteiger charge is -2.28. The van der Waals surface area contributed by atoms with Crippen molar-refractivity contribution in [3.63, 3.8) is 0 Å². The van der Waals surface area contributed by atoms with Crippen LogP contribution in [0.1, 0.15) is 44.9 Å². The Labute approximate surface area is 107 Å². The van der Waals surface area contributed by atoms with E-state index in [-0.39, 0.29) is 24.5 Å². The van der Waals surface area contributed by atoms with Crippen LogP contribution in [-0.2, 0) is 9.59 Å². The lowest BCUT2D eigenvalue weighted by molar-refractivity contribution is -0.146. The molecule has 18 heavy (non-hydrogen) atoms. The maximum absolute atomic E-state index is 12.2. The van der Waals surface area contributed by atoms with Gasteiger partial charge in [-0.1, -0.05) is 12.8 Å². The Morgan fingerprint density at radius 1 is 1.22 bits per heavy atom. The first-order valence-corrected chi connectivity index (χ1v) is 6.84. The second kappa shape index (κ2) is 5.69. The van der Waals surface area contributed by atoms with Crippen molar-refractivity contribution in [3.05, 3.63) is 0 Å². The van der Waals surface area contributed by atoms with Crippen molar-refractivity contribution in [3.8, 4) is 0 Å². The molecule has 1 amide bonds. The fraction of sp³-hybridized carbons (Fsp3) is 0.846. The molecule has 1 atom stereocenters. The molecule has 0 bridgehead atoms. The quantitative estimate of drug-likeness (QED) is 0.739. The van der Waals surface area contributed by atoms with Gasteiger partial charge in [-0.3, -0.25) is 9.59 Å². The van der Waals surface area contributed by atoms with Gasteiger partial charge in [-0.15, -0.1) is 0 Å². The van der Waals surface area contributed by atoms with Gasteiger partial charge in [-0.05, 0) is 31.6 Å². The van der Waals surface area contributed by atoms with Crippen LogP contribution in [0.5, 0.6) is 0 Å². The molecule has 0 aromatic rings. The summed E-state index contributed by atoms with van der Waals surface area (Å²) >= 11 is 0. The van der Waals surface area contributed by atoms with Crippen molar-refractivity contribution in [2.24, 2.45) is 11.7 Å². The van der Waals surface area contributed by atoms with Gasteiger partial charge in [0.15, 0.2) is 0 Å². The number of aliphatic carboxylic acids is 1. The lowest BCUT2D eigenvalue weighted by atomic mass is 10.1. The number of carboxylic acids is 1. The molecule has 2 fully saturated rings. The maximum Gasteiger partial charge on any atom is 0.323 e. The Hall–Kier alpha value is -1.10. The number of hydrogen-bond donors (Lipinski definition) is 2.